The van der Waals surface area contributed by atoms with E-state index in [9.17, 15) is 13.2 Å². The van der Waals surface area contributed by atoms with Crippen LogP contribution in [-0.4, -0.2) is 38.1 Å². The van der Waals surface area contributed by atoms with E-state index in [2.05, 4.69) is 5.32 Å². The van der Waals surface area contributed by atoms with Gasteiger partial charge in [0.2, 0.25) is 10.0 Å². The summed E-state index contributed by atoms with van der Waals surface area (Å²) in [6.07, 6.45) is 1.26. The molecule has 0 aliphatic heterocycles. The molecule has 0 saturated carbocycles. The fraction of sp³-hybridized carbons (Fsp3) is 0.615. The molecule has 1 rings (SSSR count). The second-order valence-corrected chi connectivity index (χ2v) is 6.64. The summed E-state index contributed by atoms with van der Waals surface area (Å²) in [6.45, 7) is 8.34. The zero-order valence-corrected chi connectivity index (χ0v) is 13.6. The molecule has 1 atom stereocenters. The van der Waals surface area contributed by atoms with E-state index < -0.39 is 10.0 Å². The topological polar surface area (TPSA) is 103 Å². The predicted molar refractivity (Wildman–Crippen MR) is 79.6 cm³/mol. The number of primary sulfonamides is 1. The van der Waals surface area contributed by atoms with Gasteiger partial charge in [0.05, 0.1) is 6.10 Å². The van der Waals surface area contributed by atoms with E-state index in [1.807, 2.05) is 27.7 Å². The Hall–Kier alpha value is -1.38. The van der Waals surface area contributed by atoms with Crippen LogP contribution in [0.3, 0.4) is 0 Å². The van der Waals surface area contributed by atoms with Gasteiger partial charge in [-0.3, -0.25) is 4.79 Å². The first-order valence-electron chi connectivity index (χ1n) is 6.81. The number of ether oxygens (including phenoxy) is 1. The highest BCUT2D eigenvalue weighted by Gasteiger charge is 2.20. The SMILES string of the molecule is CCOC(C)CNC(=O)c1cc(S(N)(=O)=O)cn1C(C)C. The number of nitrogens with one attached hydrogen (secondary N) is 1. The third kappa shape index (κ3) is 4.83. The van der Waals surface area contributed by atoms with Gasteiger partial charge in [-0.2, -0.15) is 0 Å². The maximum absolute atomic E-state index is 12.2. The molecule has 0 aliphatic rings. The lowest BCUT2D eigenvalue weighted by Gasteiger charge is -2.15. The van der Waals surface area contributed by atoms with Crippen LogP contribution in [0.2, 0.25) is 0 Å². The molecule has 1 amide bonds. The molecular weight excluding hydrogens is 294 g/mol. The summed E-state index contributed by atoms with van der Waals surface area (Å²) in [5.41, 5.74) is 0.262. The van der Waals surface area contributed by atoms with Crippen LogP contribution in [0.25, 0.3) is 0 Å². The lowest BCUT2D eigenvalue weighted by Crippen LogP contribution is -2.33. The molecule has 1 aromatic rings. The van der Waals surface area contributed by atoms with Crippen molar-refractivity contribution in [2.75, 3.05) is 13.2 Å². The largest absolute Gasteiger partial charge is 0.377 e. The maximum Gasteiger partial charge on any atom is 0.268 e. The lowest BCUT2D eigenvalue weighted by molar-refractivity contribution is 0.0691. The number of carbonyl (C=O) groups excluding carboxylic acids is 1. The van der Waals surface area contributed by atoms with Gasteiger partial charge in [-0.1, -0.05) is 0 Å². The Kier molecular flexibility index (Phi) is 5.94. The van der Waals surface area contributed by atoms with E-state index in [0.29, 0.717) is 13.2 Å². The smallest absolute Gasteiger partial charge is 0.268 e. The Labute approximate surface area is 125 Å². The Bertz CT molecular complexity index is 593. The molecule has 0 saturated heterocycles. The van der Waals surface area contributed by atoms with Gasteiger partial charge in [0.25, 0.3) is 5.91 Å². The molecule has 120 valence electrons. The average molecular weight is 317 g/mol. The Morgan fingerprint density at radius 3 is 2.52 bits per heavy atom. The highest BCUT2D eigenvalue weighted by atomic mass is 32.2. The second kappa shape index (κ2) is 7.06. The van der Waals surface area contributed by atoms with Gasteiger partial charge >= 0.3 is 0 Å². The maximum atomic E-state index is 12.2. The minimum Gasteiger partial charge on any atom is -0.377 e. The molecule has 1 unspecified atom stereocenters. The summed E-state index contributed by atoms with van der Waals surface area (Å²) in [5.74, 6) is -0.356. The zero-order valence-electron chi connectivity index (χ0n) is 12.8. The number of rotatable bonds is 7. The molecule has 7 nitrogen and oxygen atoms in total. The van der Waals surface area contributed by atoms with Crippen molar-refractivity contribution in [3.05, 3.63) is 18.0 Å². The highest BCUT2D eigenvalue weighted by Crippen LogP contribution is 2.18. The van der Waals surface area contributed by atoms with Crippen molar-refractivity contribution in [3.63, 3.8) is 0 Å². The van der Waals surface area contributed by atoms with Crippen LogP contribution >= 0.6 is 0 Å². The van der Waals surface area contributed by atoms with Gasteiger partial charge in [0.15, 0.2) is 0 Å². The molecule has 1 aromatic heterocycles. The third-order valence-corrected chi connectivity index (χ3v) is 3.82. The highest BCUT2D eigenvalue weighted by molar-refractivity contribution is 7.89. The first kappa shape index (κ1) is 17.7. The van der Waals surface area contributed by atoms with E-state index in [4.69, 9.17) is 9.88 Å². The van der Waals surface area contributed by atoms with Gasteiger partial charge in [-0.05, 0) is 33.8 Å². The number of hydrogen-bond donors (Lipinski definition) is 2. The Morgan fingerprint density at radius 1 is 1.43 bits per heavy atom. The number of sulfonamides is 1. The summed E-state index contributed by atoms with van der Waals surface area (Å²) in [6, 6.07) is 1.22. The Balaban J connectivity index is 2.95. The van der Waals surface area contributed by atoms with E-state index >= 15 is 0 Å². The van der Waals surface area contributed by atoms with Gasteiger partial charge in [0.1, 0.15) is 10.6 Å². The standard InChI is InChI=1S/C13H23N3O4S/c1-5-20-10(4)7-15-13(17)12-6-11(21(14,18)19)8-16(12)9(2)3/h6,8-10H,5,7H2,1-4H3,(H,15,17)(H2,14,18,19). The summed E-state index contributed by atoms with van der Waals surface area (Å²) in [5, 5.41) is 7.83. The van der Waals surface area contributed by atoms with Crippen LogP contribution in [0.15, 0.2) is 17.2 Å². The van der Waals surface area contributed by atoms with Crippen molar-refractivity contribution in [1.29, 1.82) is 0 Å². The number of aromatic nitrogens is 1. The summed E-state index contributed by atoms with van der Waals surface area (Å²) in [7, 11) is -3.84. The number of nitrogens with zero attached hydrogens (tertiary/aromatic N) is 1. The summed E-state index contributed by atoms with van der Waals surface area (Å²) >= 11 is 0. The first-order valence-corrected chi connectivity index (χ1v) is 8.35. The quantitative estimate of drug-likeness (QED) is 0.778. The minimum atomic E-state index is -3.84. The molecule has 21 heavy (non-hydrogen) atoms. The number of carbonyl (C=O) groups is 1. The zero-order chi connectivity index (χ0) is 16.2. The van der Waals surface area contributed by atoms with Gasteiger partial charge in [-0.15, -0.1) is 0 Å². The van der Waals surface area contributed by atoms with Crippen LogP contribution in [0, 0.1) is 0 Å². The van der Waals surface area contributed by atoms with Crippen molar-refractivity contribution in [3.8, 4) is 0 Å². The monoisotopic (exact) mass is 317 g/mol. The van der Waals surface area contributed by atoms with E-state index in [1.165, 1.54) is 12.3 Å². The van der Waals surface area contributed by atoms with Crippen LogP contribution in [0.1, 0.15) is 44.2 Å². The van der Waals surface area contributed by atoms with Crippen molar-refractivity contribution in [2.45, 2.75) is 44.7 Å². The second-order valence-electron chi connectivity index (χ2n) is 5.08. The van der Waals surface area contributed by atoms with Crippen molar-refractivity contribution in [2.24, 2.45) is 5.14 Å². The number of hydrogen-bond acceptors (Lipinski definition) is 4. The van der Waals surface area contributed by atoms with Gasteiger partial charge in [-0.25, -0.2) is 13.6 Å². The molecule has 8 heteroatoms. The molecule has 0 bridgehead atoms. The molecule has 0 fully saturated rings. The molecule has 0 aromatic carbocycles. The molecule has 0 spiro atoms. The first-order chi connectivity index (χ1) is 9.66. The minimum absolute atomic E-state index is 0.0643. The van der Waals surface area contributed by atoms with Crippen molar-refractivity contribution >= 4 is 15.9 Å². The number of amides is 1. The molecule has 0 aliphatic carbocycles. The third-order valence-electron chi connectivity index (χ3n) is 2.94. The average Bonchev–Trinajstić information content (AvgIpc) is 2.81. The van der Waals surface area contributed by atoms with Crippen LogP contribution in [0.5, 0.6) is 0 Å². The fourth-order valence-electron chi connectivity index (χ4n) is 1.89. The Morgan fingerprint density at radius 2 is 2.05 bits per heavy atom. The van der Waals surface area contributed by atoms with Crippen LogP contribution in [0.4, 0.5) is 0 Å². The summed E-state index contributed by atoms with van der Waals surface area (Å²) in [4.78, 5) is 12.1. The van der Waals surface area contributed by atoms with Crippen molar-refractivity contribution in [1.82, 2.24) is 9.88 Å². The predicted octanol–water partition coefficient (Wildman–Crippen LogP) is 0.871. The van der Waals surface area contributed by atoms with Gasteiger partial charge < -0.3 is 14.6 Å². The van der Waals surface area contributed by atoms with Crippen LogP contribution in [-0.2, 0) is 14.8 Å². The normalized spacial score (nSPS) is 13.4. The fourth-order valence-corrected chi connectivity index (χ4v) is 2.43. The molecule has 1 heterocycles. The molecule has 3 N–H and O–H groups in total. The molecular formula is C13H23N3O4S. The lowest BCUT2D eigenvalue weighted by atomic mass is 10.3. The van der Waals surface area contributed by atoms with Crippen LogP contribution < -0.4 is 10.5 Å². The van der Waals surface area contributed by atoms with E-state index in [-0.39, 0.29) is 28.6 Å². The van der Waals surface area contributed by atoms with Crippen molar-refractivity contribution < 1.29 is 17.9 Å². The molecule has 0 radical (unpaired) electrons. The number of nitrogens with two attached hydrogens (primary N) is 1. The summed E-state index contributed by atoms with van der Waals surface area (Å²) < 4.78 is 29.7. The van der Waals surface area contributed by atoms with E-state index in [0.717, 1.165) is 0 Å². The van der Waals surface area contributed by atoms with E-state index in [1.54, 1.807) is 4.57 Å². The van der Waals surface area contributed by atoms with Gasteiger partial charge in [0, 0.05) is 25.4 Å².